The monoisotopic (exact) mass is 285 g/mol. The molecule has 0 heterocycles. The van der Waals surface area contributed by atoms with Gasteiger partial charge in [-0.05, 0) is 32.1 Å². The third-order valence-electron chi connectivity index (χ3n) is 2.98. The zero-order chi connectivity index (χ0) is 15.3. The van der Waals surface area contributed by atoms with Gasteiger partial charge in [0.25, 0.3) is 0 Å². The first-order valence-corrected chi connectivity index (χ1v) is 6.89. The van der Waals surface area contributed by atoms with Crippen molar-refractivity contribution in [3.05, 3.63) is 0 Å². The summed E-state index contributed by atoms with van der Waals surface area (Å²) in [6.45, 7) is 5.32. The van der Waals surface area contributed by atoms with E-state index in [1.54, 1.807) is 6.92 Å². The first kappa shape index (κ1) is 16.3. The van der Waals surface area contributed by atoms with E-state index in [2.05, 4.69) is 16.0 Å². The Kier molecular flexibility index (Phi) is 5.79. The summed E-state index contributed by atoms with van der Waals surface area (Å²) in [5.41, 5.74) is 0. The molecule has 0 saturated heterocycles. The van der Waals surface area contributed by atoms with Crippen LogP contribution in [0.25, 0.3) is 0 Å². The van der Waals surface area contributed by atoms with Gasteiger partial charge in [-0.2, -0.15) is 0 Å². The third-order valence-corrected chi connectivity index (χ3v) is 2.98. The van der Waals surface area contributed by atoms with Gasteiger partial charge in [0.2, 0.25) is 5.91 Å². The Hall–Kier alpha value is -1.79. The standard InChI is InChI=1S/C13H23N3O4/c1-7(2)6-10(12(18)19)16-13(20)14-8(3)11(17)15-9-4-5-9/h7-10H,4-6H2,1-3H3,(H,15,17)(H,18,19)(H2,14,16,20)/t8?,10-/m1/s1. The topological polar surface area (TPSA) is 108 Å². The molecule has 2 atom stereocenters. The van der Waals surface area contributed by atoms with E-state index in [0.29, 0.717) is 6.42 Å². The minimum atomic E-state index is -1.08. The molecule has 1 rings (SSSR count). The molecular weight excluding hydrogens is 262 g/mol. The lowest BCUT2D eigenvalue weighted by atomic mass is 10.0. The Morgan fingerprint density at radius 1 is 1.15 bits per heavy atom. The number of amides is 3. The molecule has 0 aromatic heterocycles. The summed E-state index contributed by atoms with van der Waals surface area (Å²) in [6.07, 6.45) is 2.28. The fraction of sp³-hybridized carbons (Fsp3) is 0.769. The molecule has 1 fully saturated rings. The number of carboxylic acids is 1. The van der Waals surface area contributed by atoms with Crippen LogP contribution in [-0.4, -0.2) is 41.1 Å². The molecule has 0 aromatic rings. The summed E-state index contributed by atoms with van der Waals surface area (Å²) in [6, 6.07) is -2.06. The molecule has 1 saturated carbocycles. The van der Waals surface area contributed by atoms with Gasteiger partial charge < -0.3 is 21.1 Å². The van der Waals surface area contributed by atoms with Crippen molar-refractivity contribution in [1.29, 1.82) is 0 Å². The summed E-state index contributed by atoms with van der Waals surface area (Å²) in [5, 5.41) is 16.6. The van der Waals surface area contributed by atoms with Crippen LogP contribution in [0.3, 0.4) is 0 Å². The van der Waals surface area contributed by atoms with Crippen LogP contribution in [0.1, 0.15) is 40.0 Å². The normalized spacial score (nSPS) is 17.2. The molecule has 1 aliphatic carbocycles. The van der Waals surface area contributed by atoms with Crippen molar-refractivity contribution in [2.45, 2.75) is 58.2 Å². The second-order valence-corrected chi connectivity index (χ2v) is 5.64. The van der Waals surface area contributed by atoms with E-state index in [9.17, 15) is 14.4 Å². The van der Waals surface area contributed by atoms with Gasteiger partial charge in [-0.25, -0.2) is 9.59 Å². The van der Waals surface area contributed by atoms with E-state index in [0.717, 1.165) is 12.8 Å². The number of rotatable bonds is 7. The number of carboxylic acid groups (broad SMARTS) is 1. The minimum Gasteiger partial charge on any atom is -0.480 e. The molecule has 114 valence electrons. The fourth-order valence-corrected chi connectivity index (χ4v) is 1.71. The molecule has 0 aliphatic heterocycles. The Morgan fingerprint density at radius 2 is 1.75 bits per heavy atom. The molecule has 1 aliphatic rings. The summed E-state index contributed by atoms with van der Waals surface area (Å²) < 4.78 is 0. The maximum Gasteiger partial charge on any atom is 0.326 e. The van der Waals surface area contributed by atoms with Crippen molar-refractivity contribution < 1.29 is 19.5 Å². The lowest BCUT2D eigenvalue weighted by Crippen LogP contribution is -2.52. The van der Waals surface area contributed by atoms with Gasteiger partial charge >= 0.3 is 12.0 Å². The summed E-state index contributed by atoms with van der Waals surface area (Å²) in [7, 11) is 0. The molecule has 7 nitrogen and oxygen atoms in total. The van der Waals surface area contributed by atoms with E-state index in [1.807, 2.05) is 13.8 Å². The quantitative estimate of drug-likeness (QED) is 0.544. The van der Waals surface area contributed by atoms with E-state index in [4.69, 9.17) is 5.11 Å². The van der Waals surface area contributed by atoms with E-state index in [1.165, 1.54) is 0 Å². The molecule has 20 heavy (non-hydrogen) atoms. The second kappa shape index (κ2) is 7.12. The zero-order valence-corrected chi connectivity index (χ0v) is 12.1. The van der Waals surface area contributed by atoms with Crippen molar-refractivity contribution >= 4 is 17.9 Å². The van der Waals surface area contributed by atoms with Crippen LogP contribution in [0.2, 0.25) is 0 Å². The second-order valence-electron chi connectivity index (χ2n) is 5.64. The molecule has 3 amide bonds. The van der Waals surface area contributed by atoms with Crippen LogP contribution in [0.5, 0.6) is 0 Å². The van der Waals surface area contributed by atoms with Crippen molar-refractivity contribution in [3.63, 3.8) is 0 Å². The molecule has 0 bridgehead atoms. The van der Waals surface area contributed by atoms with Gasteiger partial charge in [0.1, 0.15) is 12.1 Å². The number of nitrogens with one attached hydrogen (secondary N) is 3. The SMILES string of the molecule is CC(C)C[C@@H](NC(=O)NC(C)C(=O)NC1CC1)C(=O)O. The maximum atomic E-state index is 11.7. The van der Waals surface area contributed by atoms with E-state index < -0.39 is 24.1 Å². The highest BCUT2D eigenvalue weighted by atomic mass is 16.4. The van der Waals surface area contributed by atoms with Crippen LogP contribution in [0.4, 0.5) is 4.79 Å². The average molecular weight is 285 g/mol. The van der Waals surface area contributed by atoms with Crippen molar-refractivity contribution in [2.24, 2.45) is 5.92 Å². The lowest BCUT2D eigenvalue weighted by Gasteiger charge is -2.19. The number of aliphatic carboxylic acids is 1. The Balaban J connectivity index is 2.39. The van der Waals surface area contributed by atoms with Crippen LogP contribution in [-0.2, 0) is 9.59 Å². The molecule has 0 aromatic carbocycles. The van der Waals surface area contributed by atoms with Gasteiger partial charge in [0, 0.05) is 6.04 Å². The highest BCUT2D eigenvalue weighted by Gasteiger charge is 2.27. The molecule has 0 radical (unpaired) electrons. The number of urea groups is 1. The molecule has 1 unspecified atom stereocenters. The van der Waals surface area contributed by atoms with E-state index in [-0.39, 0.29) is 17.9 Å². The largest absolute Gasteiger partial charge is 0.480 e. The summed E-state index contributed by atoms with van der Waals surface area (Å²) >= 11 is 0. The van der Waals surface area contributed by atoms with Crippen LogP contribution in [0.15, 0.2) is 0 Å². The van der Waals surface area contributed by atoms with Crippen LogP contribution < -0.4 is 16.0 Å². The zero-order valence-electron chi connectivity index (χ0n) is 12.1. The first-order valence-electron chi connectivity index (χ1n) is 6.89. The average Bonchev–Trinajstić information content (AvgIpc) is 3.10. The van der Waals surface area contributed by atoms with Gasteiger partial charge in [0.05, 0.1) is 0 Å². The van der Waals surface area contributed by atoms with E-state index >= 15 is 0 Å². The van der Waals surface area contributed by atoms with Gasteiger partial charge in [-0.1, -0.05) is 13.8 Å². The Morgan fingerprint density at radius 3 is 2.20 bits per heavy atom. The number of carbonyl (C=O) groups excluding carboxylic acids is 2. The Labute approximate surface area is 118 Å². The number of carbonyl (C=O) groups is 3. The minimum absolute atomic E-state index is 0.145. The van der Waals surface area contributed by atoms with Crippen molar-refractivity contribution in [1.82, 2.24) is 16.0 Å². The van der Waals surface area contributed by atoms with Crippen molar-refractivity contribution in [2.75, 3.05) is 0 Å². The lowest BCUT2D eigenvalue weighted by molar-refractivity contribution is -0.139. The van der Waals surface area contributed by atoms with Crippen molar-refractivity contribution in [3.8, 4) is 0 Å². The smallest absolute Gasteiger partial charge is 0.326 e. The summed E-state index contributed by atoms with van der Waals surface area (Å²) in [4.78, 5) is 34.4. The molecule has 4 N–H and O–H groups in total. The molecule has 0 spiro atoms. The predicted octanol–water partition coefficient (Wildman–Crippen LogP) is 0.452. The Bertz CT molecular complexity index is 380. The maximum absolute atomic E-state index is 11.7. The highest BCUT2D eigenvalue weighted by molar-refractivity contribution is 5.88. The molecular formula is C13H23N3O4. The van der Waals surface area contributed by atoms with Gasteiger partial charge in [-0.15, -0.1) is 0 Å². The molecule has 7 heteroatoms. The van der Waals surface area contributed by atoms with Crippen LogP contribution >= 0.6 is 0 Å². The highest BCUT2D eigenvalue weighted by Crippen LogP contribution is 2.18. The third kappa shape index (κ3) is 5.90. The van der Waals surface area contributed by atoms with Crippen LogP contribution in [0, 0.1) is 5.92 Å². The summed E-state index contributed by atoms with van der Waals surface area (Å²) in [5.74, 6) is -1.19. The first-order chi connectivity index (χ1) is 9.29. The fourth-order valence-electron chi connectivity index (χ4n) is 1.71. The van der Waals surface area contributed by atoms with Gasteiger partial charge in [0.15, 0.2) is 0 Å². The number of hydrogen-bond acceptors (Lipinski definition) is 3. The van der Waals surface area contributed by atoms with Gasteiger partial charge in [-0.3, -0.25) is 4.79 Å². The number of hydrogen-bond donors (Lipinski definition) is 4. The predicted molar refractivity (Wildman–Crippen MR) is 73.2 cm³/mol.